The highest BCUT2D eigenvalue weighted by Gasteiger charge is 2.23. The molecule has 5 rings (SSSR count). The van der Waals surface area contributed by atoms with Crippen LogP contribution < -0.4 is 5.32 Å². The van der Waals surface area contributed by atoms with Crippen molar-refractivity contribution in [2.75, 3.05) is 0 Å². The molecule has 4 aromatic rings. The fraction of sp³-hybridized carbons (Fsp3) is 0.345. The first-order valence-corrected chi connectivity index (χ1v) is 13.4. The van der Waals surface area contributed by atoms with E-state index in [0.29, 0.717) is 12.0 Å². The van der Waals surface area contributed by atoms with Crippen LogP contribution in [0, 0.1) is 12.8 Å². The summed E-state index contributed by atoms with van der Waals surface area (Å²) in [5.74, 6) is 1.37. The van der Waals surface area contributed by atoms with Crippen LogP contribution in [0.2, 0.25) is 0 Å². The molecule has 2 aromatic carbocycles. The topological polar surface area (TPSA) is 59.8 Å². The van der Waals surface area contributed by atoms with Gasteiger partial charge >= 0.3 is 0 Å². The highest BCUT2D eigenvalue weighted by molar-refractivity contribution is 7.98. The SMILES string of the molecule is Cc1ccc(Cn2c(SCc3ccc(C(=O)N[C@H]4CCCC[C@@H]4C)cc3)nc3ccncc32)cc1. The Morgan fingerprint density at radius 1 is 1.03 bits per heavy atom. The molecule has 1 aliphatic carbocycles. The molecule has 0 bridgehead atoms. The third-order valence-electron chi connectivity index (χ3n) is 6.99. The van der Waals surface area contributed by atoms with Gasteiger partial charge in [-0.1, -0.05) is 73.5 Å². The normalized spacial score (nSPS) is 18.0. The molecule has 1 N–H and O–H groups in total. The van der Waals surface area contributed by atoms with Crippen LogP contribution in [-0.4, -0.2) is 26.5 Å². The van der Waals surface area contributed by atoms with Crippen molar-refractivity contribution in [3.63, 3.8) is 0 Å². The van der Waals surface area contributed by atoms with E-state index in [9.17, 15) is 4.79 Å². The van der Waals surface area contributed by atoms with Crippen molar-refractivity contribution in [2.45, 2.75) is 63.0 Å². The van der Waals surface area contributed by atoms with E-state index in [2.05, 4.69) is 65.1 Å². The fourth-order valence-electron chi connectivity index (χ4n) is 4.77. The van der Waals surface area contributed by atoms with Crippen LogP contribution in [0.5, 0.6) is 0 Å². The number of pyridine rings is 1. The lowest BCUT2D eigenvalue weighted by Gasteiger charge is -2.29. The van der Waals surface area contributed by atoms with Crippen LogP contribution in [0.1, 0.15) is 59.7 Å². The molecule has 2 heterocycles. The maximum Gasteiger partial charge on any atom is 0.251 e. The van der Waals surface area contributed by atoms with Gasteiger partial charge in [0.1, 0.15) is 0 Å². The summed E-state index contributed by atoms with van der Waals surface area (Å²) in [6.07, 6.45) is 8.44. The van der Waals surface area contributed by atoms with Crippen LogP contribution in [0.4, 0.5) is 0 Å². The molecule has 180 valence electrons. The molecule has 1 aliphatic rings. The van der Waals surface area contributed by atoms with Crippen LogP contribution in [-0.2, 0) is 12.3 Å². The molecule has 0 unspecified atom stereocenters. The molecule has 0 aliphatic heterocycles. The Labute approximate surface area is 211 Å². The maximum atomic E-state index is 12.8. The second-order valence-corrected chi connectivity index (χ2v) is 10.6. The van der Waals surface area contributed by atoms with Gasteiger partial charge in [-0.3, -0.25) is 9.78 Å². The minimum absolute atomic E-state index is 0.0374. The maximum absolute atomic E-state index is 12.8. The number of nitrogens with zero attached hydrogens (tertiary/aromatic N) is 3. The van der Waals surface area contributed by atoms with Gasteiger partial charge in [0.15, 0.2) is 5.16 Å². The van der Waals surface area contributed by atoms with Gasteiger partial charge in [0.2, 0.25) is 0 Å². The van der Waals surface area contributed by atoms with E-state index in [4.69, 9.17) is 4.98 Å². The van der Waals surface area contributed by atoms with Crippen LogP contribution >= 0.6 is 11.8 Å². The molecule has 35 heavy (non-hydrogen) atoms. The molecule has 2 aromatic heterocycles. The summed E-state index contributed by atoms with van der Waals surface area (Å²) < 4.78 is 2.24. The molecule has 5 nitrogen and oxygen atoms in total. The summed E-state index contributed by atoms with van der Waals surface area (Å²) in [4.78, 5) is 22.0. The Morgan fingerprint density at radius 2 is 1.77 bits per heavy atom. The number of fused-ring (bicyclic) bond motifs is 1. The Kier molecular flexibility index (Phi) is 7.19. The number of nitrogens with one attached hydrogen (secondary N) is 1. The van der Waals surface area contributed by atoms with Gasteiger partial charge < -0.3 is 9.88 Å². The number of aromatic nitrogens is 3. The van der Waals surface area contributed by atoms with E-state index in [1.165, 1.54) is 36.0 Å². The fourth-order valence-corrected chi connectivity index (χ4v) is 5.74. The molecule has 1 saturated carbocycles. The van der Waals surface area contributed by atoms with Crippen molar-refractivity contribution in [1.82, 2.24) is 19.9 Å². The van der Waals surface area contributed by atoms with Gasteiger partial charge in [-0.05, 0) is 55.0 Å². The zero-order valence-corrected chi connectivity index (χ0v) is 21.2. The van der Waals surface area contributed by atoms with Crippen molar-refractivity contribution >= 4 is 28.7 Å². The number of hydrogen-bond donors (Lipinski definition) is 1. The first kappa shape index (κ1) is 23.6. The molecule has 1 fully saturated rings. The zero-order valence-electron chi connectivity index (χ0n) is 20.4. The zero-order chi connectivity index (χ0) is 24.2. The average molecular weight is 485 g/mol. The highest BCUT2D eigenvalue weighted by Crippen LogP contribution is 2.28. The monoisotopic (exact) mass is 484 g/mol. The number of imidazole rings is 1. The van der Waals surface area contributed by atoms with Crippen LogP contribution in [0.15, 0.2) is 72.1 Å². The molecule has 6 heteroatoms. The number of carbonyl (C=O) groups is 1. The van der Waals surface area contributed by atoms with Crippen molar-refractivity contribution < 1.29 is 4.79 Å². The van der Waals surface area contributed by atoms with Gasteiger partial charge in [-0.2, -0.15) is 0 Å². The second-order valence-electron chi connectivity index (χ2n) is 9.66. The van der Waals surface area contributed by atoms with E-state index in [1.807, 2.05) is 24.4 Å². The van der Waals surface area contributed by atoms with E-state index >= 15 is 0 Å². The van der Waals surface area contributed by atoms with Crippen molar-refractivity contribution in [3.8, 4) is 0 Å². The highest BCUT2D eigenvalue weighted by atomic mass is 32.2. The summed E-state index contributed by atoms with van der Waals surface area (Å²) in [6, 6.07) is 18.9. The number of thioether (sulfide) groups is 1. The van der Waals surface area contributed by atoms with E-state index in [1.54, 1.807) is 18.0 Å². The Bertz CT molecular complexity index is 1300. The predicted octanol–water partition coefficient (Wildman–Crippen LogP) is 6.39. The Morgan fingerprint density at radius 3 is 2.54 bits per heavy atom. The van der Waals surface area contributed by atoms with Gasteiger partial charge in [0, 0.05) is 23.6 Å². The van der Waals surface area contributed by atoms with Gasteiger partial charge in [0.05, 0.1) is 23.8 Å². The van der Waals surface area contributed by atoms with Gasteiger partial charge in [0.25, 0.3) is 5.91 Å². The summed E-state index contributed by atoms with van der Waals surface area (Å²) in [5.41, 5.74) is 6.39. The van der Waals surface area contributed by atoms with Crippen LogP contribution in [0.3, 0.4) is 0 Å². The Hall–Kier alpha value is -3.12. The van der Waals surface area contributed by atoms with Crippen molar-refractivity contribution in [3.05, 3.63) is 89.2 Å². The van der Waals surface area contributed by atoms with Gasteiger partial charge in [-0.25, -0.2) is 4.98 Å². The summed E-state index contributed by atoms with van der Waals surface area (Å²) in [5, 5.41) is 4.22. The van der Waals surface area contributed by atoms with Crippen molar-refractivity contribution in [1.29, 1.82) is 0 Å². The van der Waals surface area contributed by atoms with Gasteiger partial charge in [-0.15, -0.1) is 0 Å². The van der Waals surface area contributed by atoms with E-state index in [-0.39, 0.29) is 5.91 Å². The first-order valence-electron chi connectivity index (χ1n) is 12.5. The third kappa shape index (κ3) is 5.59. The lowest BCUT2D eigenvalue weighted by molar-refractivity contribution is 0.0910. The summed E-state index contributed by atoms with van der Waals surface area (Å²) >= 11 is 1.71. The number of carbonyl (C=O) groups excluding carboxylic acids is 1. The van der Waals surface area contributed by atoms with E-state index < -0.39 is 0 Å². The average Bonchev–Trinajstić information content (AvgIpc) is 3.23. The smallest absolute Gasteiger partial charge is 0.251 e. The first-order chi connectivity index (χ1) is 17.1. The van der Waals surface area contributed by atoms with Crippen molar-refractivity contribution in [2.24, 2.45) is 5.92 Å². The van der Waals surface area contributed by atoms with Crippen LogP contribution in [0.25, 0.3) is 11.0 Å². The summed E-state index contributed by atoms with van der Waals surface area (Å²) in [6.45, 7) is 5.10. The Balaban J connectivity index is 1.27. The second kappa shape index (κ2) is 10.6. The standard InChI is InChI=1S/C29H32N4OS/c1-20-7-9-22(10-8-20)18-33-27-17-30-16-15-26(27)32-29(33)35-19-23-11-13-24(14-12-23)28(34)31-25-6-4-3-5-21(25)2/h7-17,21,25H,3-6,18-19H2,1-2H3,(H,31,34)/t21-,25-/m0/s1. The minimum Gasteiger partial charge on any atom is -0.349 e. The molecule has 2 atom stereocenters. The predicted molar refractivity (Wildman–Crippen MR) is 143 cm³/mol. The lowest BCUT2D eigenvalue weighted by atomic mass is 9.86. The number of aryl methyl sites for hydroxylation is 1. The number of amides is 1. The quantitative estimate of drug-likeness (QED) is 0.309. The molecule has 1 amide bonds. The third-order valence-corrected chi connectivity index (χ3v) is 8.04. The largest absolute Gasteiger partial charge is 0.349 e. The molecular weight excluding hydrogens is 452 g/mol. The molecule has 0 spiro atoms. The molecule has 0 radical (unpaired) electrons. The number of rotatable bonds is 7. The molecule has 0 saturated heterocycles. The number of hydrogen-bond acceptors (Lipinski definition) is 4. The number of benzene rings is 2. The summed E-state index contributed by atoms with van der Waals surface area (Å²) in [7, 11) is 0. The lowest BCUT2D eigenvalue weighted by Crippen LogP contribution is -2.41. The minimum atomic E-state index is 0.0374. The van der Waals surface area contributed by atoms with E-state index in [0.717, 1.165) is 40.5 Å². The molecular formula is C29H32N4OS.